The van der Waals surface area contributed by atoms with Gasteiger partial charge in [0.1, 0.15) is 0 Å². The highest BCUT2D eigenvalue weighted by Crippen LogP contribution is 2.36. The van der Waals surface area contributed by atoms with Gasteiger partial charge < -0.3 is 15.7 Å². The molecule has 6 heteroatoms. The van der Waals surface area contributed by atoms with Crippen LogP contribution in [0.5, 0.6) is 0 Å². The van der Waals surface area contributed by atoms with E-state index in [1.165, 1.54) is 0 Å². The number of likely N-dealkylation sites (tertiary alicyclic amines) is 1. The van der Waals surface area contributed by atoms with E-state index in [-0.39, 0.29) is 5.91 Å². The summed E-state index contributed by atoms with van der Waals surface area (Å²) in [7, 11) is 0. The Hall–Kier alpha value is -0.750. The fourth-order valence-corrected chi connectivity index (χ4v) is 3.30. The van der Waals surface area contributed by atoms with Crippen LogP contribution in [0, 0.1) is 5.41 Å². The monoisotopic (exact) mass is 302 g/mol. The quantitative estimate of drug-likeness (QED) is 0.745. The SMILES string of the molecule is CCCC1(C(=O)O)CCN(C(=O)[C@@H](N)CCSC)CC1. The van der Waals surface area contributed by atoms with Crippen molar-refractivity contribution in [2.45, 2.75) is 45.1 Å². The second-order valence-corrected chi connectivity index (χ2v) is 6.53. The smallest absolute Gasteiger partial charge is 0.309 e. The van der Waals surface area contributed by atoms with E-state index in [1.54, 1.807) is 16.7 Å². The van der Waals surface area contributed by atoms with Crippen molar-refractivity contribution in [1.29, 1.82) is 0 Å². The summed E-state index contributed by atoms with van der Waals surface area (Å²) in [5.74, 6) is 0.114. The van der Waals surface area contributed by atoms with Crippen molar-refractivity contribution in [2.75, 3.05) is 25.1 Å². The highest BCUT2D eigenvalue weighted by molar-refractivity contribution is 7.98. The Balaban J connectivity index is 2.56. The molecule has 0 aromatic carbocycles. The number of carboxylic acids is 1. The number of hydrogen-bond donors (Lipinski definition) is 2. The topological polar surface area (TPSA) is 83.6 Å². The minimum Gasteiger partial charge on any atom is -0.481 e. The molecule has 1 atom stereocenters. The molecule has 20 heavy (non-hydrogen) atoms. The third-order valence-corrected chi connectivity index (χ3v) is 4.81. The Kier molecular flexibility index (Phi) is 6.82. The largest absolute Gasteiger partial charge is 0.481 e. The van der Waals surface area contributed by atoms with Crippen LogP contribution in [0.25, 0.3) is 0 Å². The van der Waals surface area contributed by atoms with Gasteiger partial charge in [-0.2, -0.15) is 11.8 Å². The first-order chi connectivity index (χ1) is 9.46. The lowest BCUT2D eigenvalue weighted by atomic mass is 9.75. The second-order valence-electron chi connectivity index (χ2n) is 5.55. The summed E-state index contributed by atoms with van der Waals surface area (Å²) in [6, 6.07) is -0.453. The predicted molar refractivity (Wildman–Crippen MR) is 81.8 cm³/mol. The molecule has 5 nitrogen and oxygen atoms in total. The lowest BCUT2D eigenvalue weighted by Gasteiger charge is -2.39. The van der Waals surface area contributed by atoms with Crippen molar-refractivity contribution in [3.63, 3.8) is 0 Å². The van der Waals surface area contributed by atoms with E-state index in [4.69, 9.17) is 5.73 Å². The number of hydrogen-bond acceptors (Lipinski definition) is 4. The molecule has 0 unspecified atom stereocenters. The molecular weight excluding hydrogens is 276 g/mol. The molecule has 0 bridgehead atoms. The normalized spacial score (nSPS) is 19.6. The molecule has 0 aliphatic carbocycles. The van der Waals surface area contributed by atoms with Crippen LogP contribution in [0.15, 0.2) is 0 Å². The maximum Gasteiger partial charge on any atom is 0.309 e. The van der Waals surface area contributed by atoms with Gasteiger partial charge in [0, 0.05) is 13.1 Å². The van der Waals surface area contributed by atoms with Gasteiger partial charge >= 0.3 is 5.97 Å². The number of thioether (sulfide) groups is 1. The number of nitrogens with zero attached hydrogens (tertiary/aromatic N) is 1. The third-order valence-electron chi connectivity index (χ3n) is 4.16. The molecule has 0 aromatic heterocycles. The molecule has 0 radical (unpaired) electrons. The first-order valence-electron chi connectivity index (χ1n) is 7.23. The van der Waals surface area contributed by atoms with Gasteiger partial charge in [-0.15, -0.1) is 0 Å². The molecule has 1 heterocycles. The standard InChI is InChI=1S/C14H26N2O3S/c1-3-5-14(13(18)19)6-8-16(9-7-14)12(17)11(15)4-10-20-2/h11H,3-10,15H2,1-2H3,(H,18,19)/t11-/m0/s1. The zero-order valence-corrected chi connectivity index (χ0v) is 13.2. The van der Waals surface area contributed by atoms with Gasteiger partial charge in [-0.1, -0.05) is 13.3 Å². The molecule has 1 saturated heterocycles. The molecule has 1 rings (SSSR count). The second kappa shape index (κ2) is 7.88. The number of carboxylic acid groups (broad SMARTS) is 1. The van der Waals surface area contributed by atoms with Gasteiger partial charge in [0.05, 0.1) is 11.5 Å². The minimum absolute atomic E-state index is 0.0328. The zero-order chi connectivity index (χ0) is 15.2. The number of amides is 1. The Labute approximate surface area is 125 Å². The summed E-state index contributed by atoms with van der Waals surface area (Å²) >= 11 is 1.68. The lowest BCUT2D eigenvalue weighted by Crippen LogP contribution is -2.51. The van der Waals surface area contributed by atoms with Gasteiger partial charge in [-0.3, -0.25) is 9.59 Å². The van der Waals surface area contributed by atoms with Crippen LogP contribution in [0.2, 0.25) is 0 Å². The molecule has 3 N–H and O–H groups in total. The lowest BCUT2D eigenvalue weighted by molar-refractivity contribution is -0.155. The van der Waals surface area contributed by atoms with Crippen LogP contribution < -0.4 is 5.73 Å². The maximum atomic E-state index is 12.2. The van der Waals surface area contributed by atoms with Crippen LogP contribution in [-0.4, -0.2) is 53.0 Å². The number of piperidine rings is 1. The average molecular weight is 302 g/mol. The summed E-state index contributed by atoms with van der Waals surface area (Å²) in [6.45, 7) is 3.02. The minimum atomic E-state index is -0.724. The molecule has 116 valence electrons. The van der Waals surface area contributed by atoms with E-state index in [1.807, 2.05) is 13.2 Å². The fraction of sp³-hybridized carbons (Fsp3) is 0.857. The van der Waals surface area contributed by atoms with Gasteiger partial charge in [0.15, 0.2) is 0 Å². The zero-order valence-electron chi connectivity index (χ0n) is 12.4. The van der Waals surface area contributed by atoms with E-state index in [2.05, 4.69) is 0 Å². The van der Waals surface area contributed by atoms with Crippen molar-refractivity contribution in [1.82, 2.24) is 4.90 Å². The Bertz CT molecular complexity index is 341. The van der Waals surface area contributed by atoms with Crippen LogP contribution in [0.1, 0.15) is 39.0 Å². The first-order valence-corrected chi connectivity index (χ1v) is 8.63. The van der Waals surface area contributed by atoms with Crippen LogP contribution >= 0.6 is 11.8 Å². The number of carbonyl (C=O) groups excluding carboxylic acids is 1. The molecular formula is C14H26N2O3S. The van der Waals surface area contributed by atoms with Crippen LogP contribution in [0.4, 0.5) is 0 Å². The molecule has 0 aromatic rings. The molecule has 1 aliphatic heterocycles. The first kappa shape index (κ1) is 17.3. The molecule has 1 aliphatic rings. The van der Waals surface area contributed by atoms with Gasteiger partial charge in [-0.05, 0) is 37.7 Å². The summed E-state index contributed by atoms with van der Waals surface area (Å²) in [4.78, 5) is 25.4. The summed E-state index contributed by atoms with van der Waals surface area (Å²) < 4.78 is 0. The number of nitrogens with two attached hydrogens (primary N) is 1. The molecule has 0 saturated carbocycles. The number of rotatable bonds is 7. The van der Waals surface area contributed by atoms with Gasteiger partial charge in [-0.25, -0.2) is 0 Å². The highest BCUT2D eigenvalue weighted by atomic mass is 32.2. The number of aliphatic carboxylic acids is 1. The third kappa shape index (κ3) is 4.12. The maximum absolute atomic E-state index is 12.2. The van der Waals surface area contributed by atoms with Crippen molar-refractivity contribution in [2.24, 2.45) is 11.1 Å². The Morgan fingerprint density at radius 3 is 2.45 bits per heavy atom. The fourth-order valence-electron chi connectivity index (χ4n) is 2.81. The van der Waals surface area contributed by atoms with Crippen LogP contribution in [0.3, 0.4) is 0 Å². The Morgan fingerprint density at radius 2 is 2.00 bits per heavy atom. The average Bonchev–Trinajstić information content (AvgIpc) is 2.44. The van der Waals surface area contributed by atoms with Crippen molar-refractivity contribution in [3.8, 4) is 0 Å². The van der Waals surface area contributed by atoms with E-state index in [0.29, 0.717) is 38.8 Å². The predicted octanol–water partition coefficient (Wildman–Crippen LogP) is 1.56. The highest BCUT2D eigenvalue weighted by Gasteiger charge is 2.41. The van der Waals surface area contributed by atoms with Crippen molar-refractivity contribution < 1.29 is 14.7 Å². The molecule has 1 fully saturated rings. The summed E-state index contributed by atoms with van der Waals surface area (Å²) in [6.07, 6.45) is 5.28. The Morgan fingerprint density at radius 1 is 1.40 bits per heavy atom. The van der Waals surface area contributed by atoms with Crippen molar-refractivity contribution >= 4 is 23.6 Å². The summed E-state index contributed by atoms with van der Waals surface area (Å²) in [5.41, 5.74) is 5.26. The molecule has 0 spiro atoms. The van der Waals surface area contributed by atoms with E-state index >= 15 is 0 Å². The van der Waals surface area contributed by atoms with Gasteiger partial charge in [0.2, 0.25) is 5.91 Å². The van der Waals surface area contributed by atoms with E-state index in [0.717, 1.165) is 12.2 Å². The van der Waals surface area contributed by atoms with Crippen molar-refractivity contribution in [3.05, 3.63) is 0 Å². The van der Waals surface area contributed by atoms with E-state index in [9.17, 15) is 14.7 Å². The van der Waals surface area contributed by atoms with Gasteiger partial charge in [0.25, 0.3) is 0 Å². The van der Waals surface area contributed by atoms with Crippen LogP contribution in [-0.2, 0) is 9.59 Å². The van der Waals surface area contributed by atoms with E-state index < -0.39 is 17.4 Å². The summed E-state index contributed by atoms with van der Waals surface area (Å²) in [5, 5.41) is 9.44. The number of carbonyl (C=O) groups is 2. The molecule has 1 amide bonds.